The van der Waals surface area contributed by atoms with Crippen LogP contribution in [0, 0.1) is 0 Å². The third-order valence-electron chi connectivity index (χ3n) is 3.20. The molecule has 0 radical (unpaired) electrons. The molecule has 0 aliphatic rings. The second-order valence-corrected chi connectivity index (χ2v) is 4.34. The van der Waals surface area contributed by atoms with E-state index in [0.717, 1.165) is 0 Å². The van der Waals surface area contributed by atoms with E-state index in [1.54, 1.807) is 24.3 Å². The molecular formula is C15H22O5. The van der Waals surface area contributed by atoms with Crippen LogP contribution in [0.4, 0.5) is 0 Å². The van der Waals surface area contributed by atoms with Crippen molar-refractivity contribution >= 4 is 5.97 Å². The van der Waals surface area contributed by atoms with Crippen LogP contribution in [0.5, 0.6) is 11.5 Å². The van der Waals surface area contributed by atoms with Crippen LogP contribution in [0.25, 0.3) is 0 Å². The van der Waals surface area contributed by atoms with Crippen LogP contribution in [-0.4, -0.2) is 37.0 Å². The molecule has 112 valence electrons. The maximum absolute atomic E-state index is 11.9. The van der Waals surface area contributed by atoms with Crippen LogP contribution >= 0.6 is 0 Å². The number of hydrogen-bond donors (Lipinski definition) is 1. The van der Waals surface area contributed by atoms with Gasteiger partial charge in [-0.1, -0.05) is 13.8 Å². The Labute approximate surface area is 119 Å². The summed E-state index contributed by atoms with van der Waals surface area (Å²) in [5, 5.41) is 8.69. The molecule has 0 bridgehead atoms. The summed E-state index contributed by atoms with van der Waals surface area (Å²) in [6, 6.07) is 6.93. The maximum atomic E-state index is 11.9. The SMILES string of the molecule is CCC(CC)(Oc1ccc(OCCO)cc1)C(=O)OC. The molecule has 0 aliphatic heterocycles. The standard InChI is InChI=1S/C15H22O5/c1-4-15(5-2,14(17)18-3)20-13-8-6-12(7-9-13)19-11-10-16/h6-9,16H,4-5,10-11H2,1-3H3. The zero-order chi connectivity index (χ0) is 15.0. The lowest BCUT2D eigenvalue weighted by Gasteiger charge is -2.29. The lowest BCUT2D eigenvalue weighted by atomic mass is 9.97. The van der Waals surface area contributed by atoms with Gasteiger partial charge < -0.3 is 19.3 Å². The molecule has 0 atom stereocenters. The molecule has 1 N–H and O–H groups in total. The molecular weight excluding hydrogens is 260 g/mol. The first kappa shape index (κ1) is 16.3. The molecule has 0 aromatic heterocycles. The zero-order valence-electron chi connectivity index (χ0n) is 12.2. The molecule has 0 spiro atoms. The van der Waals surface area contributed by atoms with E-state index in [-0.39, 0.29) is 19.2 Å². The van der Waals surface area contributed by atoms with Crippen molar-refractivity contribution in [2.24, 2.45) is 0 Å². The Morgan fingerprint density at radius 3 is 2.15 bits per heavy atom. The van der Waals surface area contributed by atoms with Gasteiger partial charge in [-0.15, -0.1) is 0 Å². The maximum Gasteiger partial charge on any atom is 0.350 e. The van der Waals surface area contributed by atoms with E-state index in [4.69, 9.17) is 19.3 Å². The number of methoxy groups -OCH3 is 1. The second kappa shape index (κ2) is 7.75. The summed E-state index contributed by atoms with van der Waals surface area (Å²) in [5.74, 6) is 0.849. The molecule has 0 fully saturated rings. The Hall–Kier alpha value is -1.75. The van der Waals surface area contributed by atoms with Gasteiger partial charge in [0, 0.05) is 0 Å². The van der Waals surface area contributed by atoms with Crippen LogP contribution in [0.15, 0.2) is 24.3 Å². The number of ether oxygens (including phenoxy) is 3. The molecule has 0 aliphatic carbocycles. The van der Waals surface area contributed by atoms with E-state index in [0.29, 0.717) is 24.3 Å². The van der Waals surface area contributed by atoms with Crippen LogP contribution < -0.4 is 9.47 Å². The van der Waals surface area contributed by atoms with Gasteiger partial charge in [-0.25, -0.2) is 4.79 Å². The molecule has 0 saturated carbocycles. The van der Waals surface area contributed by atoms with Gasteiger partial charge >= 0.3 is 5.97 Å². The van der Waals surface area contributed by atoms with E-state index >= 15 is 0 Å². The fraction of sp³-hybridized carbons (Fsp3) is 0.533. The highest BCUT2D eigenvalue weighted by Crippen LogP contribution is 2.27. The molecule has 1 aromatic rings. The Morgan fingerprint density at radius 1 is 1.15 bits per heavy atom. The monoisotopic (exact) mass is 282 g/mol. The molecule has 1 aromatic carbocycles. The van der Waals surface area contributed by atoms with Crippen molar-refractivity contribution in [1.29, 1.82) is 0 Å². The van der Waals surface area contributed by atoms with Crippen molar-refractivity contribution in [2.75, 3.05) is 20.3 Å². The lowest BCUT2D eigenvalue weighted by Crippen LogP contribution is -2.44. The van der Waals surface area contributed by atoms with Crippen molar-refractivity contribution in [3.05, 3.63) is 24.3 Å². The first-order valence-electron chi connectivity index (χ1n) is 6.73. The Morgan fingerprint density at radius 2 is 1.70 bits per heavy atom. The van der Waals surface area contributed by atoms with Gasteiger partial charge in [0.15, 0.2) is 0 Å². The summed E-state index contributed by atoms with van der Waals surface area (Å²) in [6.07, 6.45) is 1.05. The van der Waals surface area contributed by atoms with Crippen molar-refractivity contribution in [2.45, 2.75) is 32.3 Å². The first-order valence-corrected chi connectivity index (χ1v) is 6.73. The number of aliphatic hydroxyl groups is 1. The molecule has 1 rings (SSSR count). The van der Waals surface area contributed by atoms with E-state index < -0.39 is 5.60 Å². The number of rotatable bonds is 8. The Bertz CT molecular complexity index is 409. The number of carbonyl (C=O) groups excluding carboxylic acids is 1. The topological polar surface area (TPSA) is 65.0 Å². The average Bonchev–Trinajstić information content (AvgIpc) is 2.51. The van der Waals surface area contributed by atoms with Crippen LogP contribution in [0.1, 0.15) is 26.7 Å². The summed E-state index contributed by atoms with van der Waals surface area (Å²) < 4.78 is 15.9. The normalized spacial score (nSPS) is 11.0. The molecule has 20 heavy (non-hydrogen) atoms. The fourth-order valence-corrected chi connectivity index (χ4v) is 1.90. The number of esters is 1. The lowest BCUT2D eigenvalue weighted by molar-refractivity contribution is -0.159. The Balaban J connectivity index is 2.81. The smallest absolute Gasteiger partial charge is 0.350 e. The van der Waals surface area contributed by atoms with Gasteiger partial charge in [-0.3, -0.25) is 0 Å². The molecule has 0 amide bonds. The molecule has 0 unspecified atom stereocenters. The third kappa shape index (κ3) is 3.87. The summed E-state index contributed by atoms with van der Waals surface area (Å²) >= 11 is 0. The predicted molar refractivity (Wildman–Crippen MR) is 75.0 cm³/mol. The summed E-state index contributed by atoms with van der Waals surface area (Å²) in [4.78, 5) is 11.9. The van der Waals surface area contributed by atoms with Crippen LogP contribution in [0.3, 0.4) is 0 Å². The van der Waals surface area contributed by atoms with Crippen molar-refractivity contribution in [1.82, 2.24) is 0 Å². The summed E-state index contributed by atoms with van der Waals surface area (Å²) in [6.45, 7) is 3.99. The van der Waals surface area contributed by atoms with Gasteiger partial charge in [0.05, 0.1) is 13.7 Å². The predicted octanol–water partition coefficient (Wildman–Crippen LogP) is 2.17. The Kier molecular flexibility index (Phi) is 6.31. The fourth-order valence-electron chi connectivity index (χ4n) is 1.90. The average molecular weight is 282 g/mol. The summed E-state index contributed by atoms with van der Waals surface area (Å²) in [5.41, 5.74) is -0.956. The molecule has 0 heterocycles. The quantitative estimate of drug-likeness (QED) is 0.740. The van der Waals surface area contributed by atoms with E-state index in [9.17, 15) is 4.79 Å². The number of carbonyl (C=O) groups is 1. The minimum Gasteiger partial charge on any atom is -0.491 e. The van der Waals surface area contributed by atoms with Gasteiger partial charge in [-0.05, 0) is 37.1 Å². The number of hydrogen-bond acceptors (Lipinski definition) is 5. The van der Waals surface area contributed by atoms with E-state index in [1.165, 1.54) is 7.11 Å². The van der Waals surface area contributed by atoms with Gasteiger partial charge in [-0.2, -0.15) is 0 Å². The first-order chi connectivity index (χ1) is 9.61. The highest BCUT2D eigenvalue weighted by molar-refractivity contribution is 5.79. The van der Waals surface area contributed by atoms with Gasteiger partial charge in [0.2, 0.25) is 5.60 Å². The zero-order valence-corrected chi connectivity index (χ0v) is 12.2. The molecule has 5 heteroatoms. The van der Waals surface area contributed by atoms with E-state index in [2.05, 4.69) is 0 Å². The van der Waals surface area contributed by atoms with Gasteiger partial charge in [0.25, 0.3) is 0 Å². The van der Waals surface area contributed by atoms with Crippen LogP contribution in [0.2, 0.25) is 0 Å². The third-order valence-corrected chi connectivity index (χ3v) is 3.20. The number of aliphatic hydroxyl groups excluding tert-OH is 1. The van der Waals surface area contributed by atoms with E-state index in [1.807, 2.05) is 13.8 Å². The largest absolute Gasteiger partial charge is 0.491 e. The summed E-state index contributed by atoms with van der Waals surface area (Å²) in [7, 11) is 1.36. The van der Waals surface area contributed by atoms with Crippen LogP contribution in [-0.2, 0) is 9.53 Å². The van der Waals surface area contributed by atoms with Gasteiger partial charge in [0.1, 0.15) is 18.1 Å². The minimum atomic E-state index is -0.956. The van der Waals surface area contributed by atoms with Crippen molar-refractivity contribution < 1.29 is 24.1 Å². The number of benzene rings is 1. The minimum absolute atomic E-state index is 0.0324. The molecule has 5 nitrogen and oxygen atoms in total. The second-order valence-electron chi connectivity index (χ2n) is 4.34. The molecule has 0 saturated heterocycles. The van der Waals surface area contributed by atoms with Crippen molar-refractivity contribution in [3.63, 3.8) is 0 Å². The van der Waals surface area contributed by atoms with Crippen molar-refractivity contribution in [3.8, 4) is 11.5 Å². The highest BCUT2D eigenvalue weighted by atomic mass is 16.6. The highest BCUT2D eigenvalue weighted by Gasteiger charge is 2.38.